The van der Waals surface area contributed by atoms with Crippen LogP contribution in [0.15, 0.2) is 121 Å². The lowest BCUT2D eigenvalue weighted by Crippen LogP contribution is -2.61. The van der Waals surface area contributed by atoms with Crippen molar-refractivity contribution < 1.29 is 33.6 Å². The number of aliphatic carboxylic acids is 1. The van der Waals surface area contributed by atoms with Gasteiger partial charge < -0.3 is 28.8 Å². The molecule has 0 amide bonds. The second-order valence-electron chi connectivity index (χ2n) is 10.6. The normalized spacial score (nSPS) is 21.8. The summed E-state index contributed by atoms with van der Waals surface area (Å²) in [7, 11) is 0. The van der Waals surface area contributed by atoms with Crippen molar-refractivity contribution in [1.82, 2.24) is 0 Å². The van der Waals surface area contributed by atoms with Crippen LogP contribution in [0.4, 0.5) is 0 Å². The Labute approximate surface area is 252 Å². The van der Waals surface area contributed by atoms with Gasteiger partial charge in [0.15, 0.2) is 0 Å². The maximum absolute atomic E-state index is 12.0. The Morgan fingerprint density at radius 3 is 1.33 bits per heavy atom. The topological polar surface area (TPSA) is 83.5 Å². The smallest absolute Gasteiger partial charge is 0.306 e. The maximum Gasteiger partial charge on any atom is 0.306 e. The van der Waals surface area contributed by atoms with Crippen molar-refractivity contribution >= 4 is 5.97 Å². The second-order valence-corrected chi connectivity index (χ2v) is 10.6. The molecular formula is C36H38O7. The summed E-state index contributed by atoms with van der Waals surface area (Å²) in [4.78, 5) is 12.0. The average molecular weight is 583 g/mol. The number of carboxylic acid groups (broad SMARTS) is 1. The van der Waals surface area contributed by atoms with Crippen LogP contribution in [0.3, 0.4) is 0 Å². The summed E-state index contributed by atoms with van der Waals surface area (Å²) in [6.45, 7) is 1.49. The van der Waals surface area contributed by atoms with Crippen LogP contribution in [-0.4, -0.2) is 48.2 Å². The quantitative estimate of drug-likeness (QED) is 0.179. The molecule has 0 aromatic heterocycles. The Morgan fingerprint density at radius 2 is 0.907 bits per heavy atom. The van der Waals surface area contributed by atoms with E-state index in [0.717, 1.165) is 22.3 Å². The summed E-state index contributed by atoms with van der Waals surface area (Å²) in [6, 6.07) is 39.4. The van der Waals surface area contributed by atoms with Crippen LogP contribution >= 0.6 is 0 Å². The minimum absolute atomic E-state index is 0.196. The van der Waals surface area contributed by atoms with Crippen molar-refractivity contribution in [2.24, 2.45) is 0 Å². The standard InChI is InChI=1S/C36H38O7/c37-33(38)21-31-34(40-23-28-15-7-2-8-16-28)36(42-25-30-19-11-4-12-20-30)35(41-24-29-17-9-3-10-18-29)32(43-31)26-39-22-27-13-5-1-6-14-27/h1-20,31-32,34-36H,21-26H2,(H,37,38)/t31-,32+,34-,35-,36+/m1/s1. The third-order valence-corrected chi connectivity index (χ3v) is 7.36. The molecule has 1 fully saturated rings. The second kappa shape index (κ2) is 16.1. The molecule has 1 aliphatic heterocycles. The first-order valence-corrected chi connectivity index (χ1v) is 14.6. The first-order valence-electron chi connectivity index (χ1n) is 14.6. The highest BCUT2D eigenvalue weighted by Gasteiger charge is 2.49. The van der Waals surface area contributed by atoms with Crippen molar-refractivity contribution in [3.05, 3.63) is 144 Å². The Hall–Kier alpha value is -3.85. The van der Waals surface area contributed by atoms with E-state index < -0.39 is 36.5 Å². The van der Waals surface area contributed by atoms with E-state index in [9.17, 15) is 9.90 Å². The predicted molar refractivity (Wildman–Crippen MR) is 162 cm³/mol. The lowest BCUT2D eigenvalue weighted by molar-refractivity contribution is -0.273. The van der Waals surface area contributed by atoms with Gasteiger partial charge in [0.05, 0.1) is 45.6 Å². The van der Waals surface area contributed by atoms with Gasteiger partial charge in [0.1, 0.15) is 24.4 Å². The average Bonchev–Trinajstić information content (AvgIpc) is 3.04. The van der Waals surface area contributed by atoms with Gasteiger partial charge in [-0.3, -0.25) is 4.79 Å². The molecule has 5 atom stereocenters. The number of rotatable bonds is 15. The van der Waals surface area contributed by atoms with E-state index in [-0.39, 0.29) is 19.6 Å². The summed E-state index contributed by atoms with van der Waals surface area (Å²) in [5, 5.41) is 9.85. The zero-order chi connectivity index (χ0) is 29.7. The SMILES string of the molecule is O=C(O)C[C@H]1O[C@@H](COCc2ccccc2)[C@@H](OCc2ccccc2)[C@@H](OCc2ccccc2)[C@@H]1OCc1ccccc1. The molecule has 4 aromatic carbocycles. The largest absolute Gasteiger partial charge is 0.481 e. The van der Waals surface area contributed by atoms with E-state index in [2.05, 4.69) is 0 Å². The molecule has 1 heterocycles. The van der Waals surface area contributed by atoms with Crippen LogP contribution in [0, 0.1) is 0 Å². The van der Waals surface area contributed by atoms with Gasteiger partial charge in [-0.05, 0) is 22.3 Å². The van der Waals surface area contributed by atoms with Gasteiger partial charge in [0, 0.05) is 0 Å². The van der Waals surface area contributed by atoms with Gasteiger partial charge in [-0.25, -0.2) is 0 Å². The van der Waals surface area contributed by atoms with E-state index in [4.69, 9.17) is 23.7 Å². The zero-order valence-corrected chi connectivity index (χ0v) is 24.1. The summed E-state index contributed by atoms with van der Waals surface area (Å²) >= 11 is 0. The summed E-state index contributed by atoms with van der Waals surface area (Å²) < 4.78 is 32.2. The van der Waals surface area contributed by atoms with Gasteiger partial charge >= 0.3 is 5.97 Å². The molecule has 1 saturated heterocycles. The Balaban J connectivity index is 1.42. The number of ether oxygens (including phenoxy) is 5. The van der Waals surface area contributed by atoms with E-state index in [0.29, 0.717) is 19.8 Å². The first kappa shape index (κ1) is 30.6. The monoisotopic (exact) mass is 582 g/mol. The Morgan fingerprint density at radius 1 is 0.535 bits per heavy atom. The fourth-order valence-corrected chi connectivity index (χ4v) is 5.22. The summed E-state index contributed by atoms with van der Waals surface area (Å²) in [5.41, 5.74) is 3.99. The number of hydrogen-bond acceptors (Lipinski definition) is 6. The molecule has 1 aliphatic rings. The minimum atomic E-state index is -0.979. The molecule has 0 radical (unpaired) electrons. The van der Waals surface area contributed by atoms with Crippen LogP contribution in [0.25, 0.3) is 0 Å². The number of hydrogen-bond donors (Lipinski definition) is 1. The lowest BCUT2D eigenvalue weighted by Gasteiger charge is -2.46. The molecule has 7 heteroatoms. The number of carboxylic acids is 1. The van der Waals surface area contributed by atoms with Crippen LogP contribution in [-0.2, 0) is 54.9 Å². The van der Waals surface area contributed by atoms with Crippen molar-refractivity contribution in [3.8, 4) is 0 Å². The van der Waals surface area contributed by atoms with Crippen LogP contribution in [0.1, 0.15) is 28.7 Å². The molecule has 0 saturated carbocycles. The molecule has 1 N–H and O–H groups in total. The highest BCUT2D eigenvalue weighted by atomic mass is 16.6. The fourth-order valence-electron chi connectivity index (χ4n) is 5.22. The van der Waals surface area contributed by atoms with Crippen molar-refractivity contribution in [3.63, 3.8) is 0 Å². The zero-order valence-electron chi connectivity index (χ0n) is 24.1. The van der Waals surface area contributed by atoms with E-state index in [1.807, 2.05) is 121 Å². The van der Waals surface area contributed by atoms with Crippen LogP contribution < -0.4 is 0 Å². The Bertz CT molecular complexity index is 1350. The molecule has 0 aliphatic carbocycles. The minimum Gasteiger partial charge on any atom is -0.481 e. The van der Waals surface area contributed by atoms with Crippen LogP contribution in [0.5, 0.6) is 0 Å². The molecular weight excluding hydrogens is 544 g/mol. The molecule has 43 heavy (non-hydrogen) atoms. The van der Waals surface area contributed by atoms with Gasteiger partial charge in [0.25, 0.3) is 0 Å². The maximum atomic E-state index is 12.0. The van der Waals surface area contributed by atoms with E-state index >= 15 is 0 Å². The van der Waals surface area contributed by atoms with Crippen molar-refractivity contribution in [2.45, 2.75) is 63.4 Å². The van der Waals surface area contributed by atoms with E-state index in [1.54, 1.807) is 0 Å². The summed E-state index contributed by atoms with van der Waals surface area (Å²) in [5.74, 6) is -0.979. The van der Waals surface area contributed by atoms with Gasteiger partial charge in [-0.15, -0.1) is 0 Å². The predicted octanol–water partition coefficient (Wildman–Crippen LogP) is 6.20. The summed E-state index contributed by atoms with van der Waals surface area (Å²) in [6.07, 6.45) is -3.53. The fraction of sp³-hybridized carbons (Fsp3) is 0.306. The number of benzene rings is 4. The van der Waals surface area contributed by atoms with E-state index in [1.165, 1.54) is 0 Å². The Kier molecular flexibility index (Phi) is 11.5. The van der Waals surface area contributed by atoms with Gasteiger partial charge in [-0.2, -0.15) is 0 Å². The lowest BCUT2D eigenvalue weighted by atomic mass is 9.92. The molecule has 0 unspecified atom stereocenters. The number of carbonyl (C=O) groups is 1. The third kappa shape index (κ3) is 9.32. The van der Waals surface area contributed by atoms with Gasteiger partial charge in [0.2, 0.25) is 0 Å². The van der Waals surface area contributed by atoms with Crippen molar-refractivity contribution in [2.75, 3.05) is 6.61 Å². The molecule has 5 rings (SSSR count). The molecule has 4 aromatic rings. The van der Waals surface area contributed by atoms with Crippen LogP contribution in [0.2, 0.25) is 0 Å². The first-order chi connectivity index (χ1) is 21.2. The molecule has 0 bridgehead atoms. The molecule has 7 nitrogen and oxygen atoms in total. The third-order valence-electron chi connectivity index (χ3n) is 7.36. The van der Waals surface area contributed by atoms with Gasteiger partial charge in [-0.1, -0.05) is 121 Å². The highest BCUT2D eigenvalue weighted by molar-refractivity contribution is 5.67. The van der Waals surface area contributed by atoms with Crippen molar-refractivity contribution in [1.29, 1.82) is 0 Å². The molecule has 224 valence electrons. The molecule has 0 spiro atoms. The highest BCUT2D eigenvalue weighted by Crippen LogP contribution is 2.32.